The second-order valence-corrected chi connectivity index (χ2v) is 11.4. The first kappa shape index (κ1) is 26.2. The Morgan fingerprint density at radius 2 is 1.13 bits per heavy atom. The van der Waals surface area contributed by atoms with Crippen LogP contribution in [0.5, 0.6) is 11.5 Å². The first-order valence-electron chi connectivity index (χ1n) is 15.2. The van der Waals surface area contributed by atoms with Crippen LogP contribution in [0.4, 0.5) is 0 Å². The zero-order valence-corrected chi connectivity index (χ0v) is 24.7. The second-order valence-electron chi connectivity index (χ2n) is 11.4. The molecule has 0 N–H and O–H groups in total. The van der Waals surface area contributed by atoms with Gasteiger partial charge in [0, 0.05) is 57.8 Å². The van der Waals surface area contributed by atoms with Gasteiger partial charge >= 0.3 is 0 Å². The van der Waals surface area contributed by atoms with E-state index < -0.39 is 0 Å². The van der Waals surface area contributed by atoms with Crippen molar-refractivity contribution >= 4 is 21.9 Å². The molecule has 4 heterocycles. The third kappa shape index (κ3) is 4.49. The van der Waals surface area contributed by atoms with Crippen molar-refractivity contribution in [2.45, 2.75) is 0 Å². The van der Waals surface area contributed by atoms with Crippen LogP contribution in [0, 0.1) is 0 Å². The lowest BCUT2D eigenvalue weighted by molar-refractivity contribution is 0.125. The van der Waals surface area contributed by atoms with Gasteiger partial charge < -0.3 is 13.9 Å². The summed E-state index contributed by atoms with van der Waals surface area (Å²) in [4.78, 5) is 8.72. The van der Waals surface area contributed by atoms with Gasteiger partial charge in [0.05, 0.1) is 0 Å². The standard InChI is InChI=1S/C41H26N2O3/c1-2-10-38-35(8-1)41-33(9-3-11-39(41)46-38)27-13-15-37-36(21-27)34-14-12-26(22-40(34)45-25-44-37)30-18-31(28-6-4-16-42-23-28)20-32(19-30)29-7-5-17-43-24-29/h1-24H,25H2. The molecule has 1 aliphatic rings. The fourth-order valence-corrected chi connectivity index (χ4v) is 6.44. The molecule has 0 atom stereocenters. The van der Waals surface area contributed by atoms with Gasteiger partial charge in [-0.1, -0.05) is 54.6 Å². The van der Waals surface area contributed by atoms with Gasteiger partial charge in [-0.15, -0.1) is 0 Å². The van der Waals surface area contributed by atoms with E-state index in [1.165, 1.54) is 0 Å². The maximum absolute atomic E-state index is 6.23. The molecular weight excluding hydrogens is 568 g/mol. The number of ether oxygens (including phenoxy) is 2. The lowest BCUT2D eigenvalue weighted by Gasteiger charge is -2.14. The highest BCUT2D eigenvalue weighted by molar-refractivity contribution is 6.12. The maximum Gasteiger partial charge on any atom is 0.230 e. The molecule has 1 aliphatic heterocycles. The molecule has 0 radical (unpaired) electrons. The predicted octanol–water partition coefficient (Wildman–Crippen LogP) is 10.4. The molecular formula is C41H26N2O3. The molecule has 0 aliphatic carbocycles. The molecule has 5 aromatic carbocycles. The van der Waals surface area contributed by atoms with Crippen LogP contribution in [-0.4, -0.2) is 16.8 Å². The average molecular weight is 595 g/mol. The topological polar surface area (TPSA) is 57.4 Å². The van der Waals surface area contributed by atoms with Crippen molar-refractivity contribution in [1.82, 2.24) is 9.97 Å². The molecule has 8 aromatic rings. The van der Waals surface area contributed by atoms with E-state index >= 15 is 0 Å². The van der Waals surface area contributed by atoms with Crippen LogP contribution in [-0.2, 0) is 0 Å². The van der Waals surface area contributed by atoms with E-state index in [1.54, 1.807) is 12.4 Å². The second kappa shape index (κ2) is 10.8. The fourth-order valence-electron chi connectivity index (χ4n) is 6.44. The van der Waals surface area contributed by atoms with Crippen LogP contribution in [0.15, 0.2) is 151 Å². The van der Waals surface area contributed by atoms with Gasteiger partial charge in [-0.3, -0.25) is 9.97 Å². The number of benzene rings is 5. The summed E-state index contributed by atoms with van der Waals surface area (Å²) in [5, 5.41) is 2.21. The fraction of sp³-hybridized carbons (Fsp3) is 0.0244. The van der Waals surface area contributed by atoms with Gasteiger partial charge in [0.15, 0.2) is 0 Å². The van der Waals surface area contributed by atoms with Crippen LogP contribution in [0.1, 0.15) is 0 Å². The third-order valence-electron chi connectivity index (χ3n) is 8.65. The van der Waals surface area contributed by atoms with Crippen LogP contribution in [0.3, 0.4) is 0 Å². The van der Waals surface area contributed by atoms with Crippen molar-refractivity contribution < 1.29 is 13.9 Å². The van der Waals surface area contributed by atoms with Crippen LogP contribution in [0.2, 0.25) is 0 Å². The minimum absolute atomic E-state index is 0.126. The van der Waals surface area contributed by atoms with Crippen molar-refractivity contribution in [3.63, 3.8) is 0 Å². The number of pyridine rings is 2. The molecule has 0 unspecified atom stereocenters. The molecule has 218 valence electrons. The Kier molecular flexibility index (Phi) is 6.13. The number of nitrogens with zero attached hydrogens (tertiary/aromatic N) is 2. The summed E-state index contributed by atoms with van der Waals surface area (Å²) in [6, 6.07) is 41.8. The van der Waals surface area contributed by atoms with Gasteiger partial charge in [-0.05, 0) is 100 Å². The maximum atomic E-state index is 6.23. The van der Waals surface area contributed by atoms with Crippen molar-refractivity contribution in [3.05, 3.63) is 146 Å². The normalized spacial score (nSPS) is 12.2. The molecule has 0 fully saturated rings. The molecule has 5 heteroatoms. The molecule has 0 saturated heterocycles. The van der Waals surface area contributed by atoms with E-state index in [1.807, 2.05) is 54.9 Å². The Morgan fingerprint density at radius 1 is 0.435 bits per heavy atom. The Balaban J connectivity index is 1.17. The highest BCUT2D eigenvalue weighted by Gasteiger charge is 2.20. The van der Waals surface area contributed by atoms with Crippen LogP contribution < -0.4 is 9.47 Å². The molecule has 0 saturated carbocycles. The quantitative estimate of drug-likeness (QED) is 0.203. The van der Waals surface area contributed by atoms with Crippen molar-refractivity contribution in [2.24, 2.45) is 0 Å². The molecule has 0 spiro atoms. The summed E-state index contributed by atoms with van der Waals surface area (Å²) in [6.07, 6.45) is 7.38. The van der Waals surface area contributed by atoms with Gasteiger partial charge in [0.2, 0.25) is 6.79 Å². The number of furan rings is 1. The number of hydrogen-bond donors (Lipinski definition) is 0. The zero-order chi connectivity index (χ0) is 30.5. The summed E-state index contributed by atoms with van der Waals surface area (Å²) >= 11 is 0. The lowest BCUT2D eigenvalue weighted by Crippen LogP contribution is -2.03. The number of rotatable bonds is 4. The van der Waals surface area contributed by atoms with Gasteiger partial charge in [0.1, 0.15) is 22.7 Å². The number of aromatic nitrogens is 2. The number of hydrogen-bond acceptors (Lipinski definition) is 5. The average Bonchev–Trinajstić information content (AvgIpc) is 3.41. The largest absolute Gasteiger partial charge is 0.457 e. The number of fused-ring (bicyclic) bond motifs is 6. The van der Waals surface area contributed by atoms with Gasteiger partial charge in [-0.2, -0.15) is 0 Å². The third-order valence-corrected chi connectivity index (χ3v) is 8.65. The Hall–Kier alpha value is -6.20. The van der Waals surface area contributed by atoms with E-state index in [0.717, 1.165) is 89.1 Å². The van der Waals surface area contributed by atoms with Crippen molar-refractivity contribution in [3.8, 4) is 67.1 Å². The Bertz CT molecular complexity index is 2340. The molecule has 0 amide bonds. The first-order chi connectivity index (χ1) is 22.8. The monoisotopic (exact) mass is 594 g/mol. The summed E-state index contributed by atoms with van der Waals surface area (Å²) < 4.78 is 18.5. The highest BCUT2D eigenvalue weighted by atomic mass is 16.7. The van der Waals surface area contributed by atoms with Gasteiger partial charge in [0.25, 0.3) is 0 Å². The van der Waals surface area contributed by atoms with Crippen molar-refractivity contribution in [2.75, 3.05) is 6.79 Å². The summed E-state index contributed by atoms with van der Waals surface area (Å²) in [5.74, 6) is 1.56. The molecule has 9 rings (SSSR count). The Labute approximate surface area is 265 Å². The van der Waals surface area contributed by atoms with Crippen LogP contribution >= 0.6 is 0 Å². The summed E-state index contributed by atoms with van der Waals surface area (Å²) in [6.45, 7) is 0.126. The molecule has 5 nitrogen and oxygen atoms in total. The van der Waals surface area contributed by atoms with Crippen LogP contribution in [0.25, 0.3) is 77.6 Å². The summed E-state index contributed by atoms with van der Waals surface area (Å²) in [5.41, 5.74) is 12.3. The minimum atomic E-state index is 0.126. The first-order valence-corrected chi connectivity index (χ1v) is 15.2. The molecule has 3 aromatic heterocycles. The SMILES string of the molecule is c1cncc(-c2cc(-c3cccnc3)cc(-c3ccc4c(c3)OCOc3ccc(-c5cccc6oc7ccccc7c56)cc3-4)c2)c1. The van der Waals surface area contributed by atoms with E-state index in [0.29, 0.717) is 0 Å². The zero-order valence-electron chi connectivity index (χ0n) is 24.7. The van der Waals surface area contributed by atoms with E-state index in [9.17, 15) is 0 Å². The smallest absolute Gasteiger partial charge is 0.230 e. The predicted molar refractivity (Wildman–Crippen MR) is 183 cm³/mol. The van der Waals surface area contributed by atoms with E-state index in [2.05, 4.69) is 88.8 Å². The minimum Gasteiger partial charge on any atom is -0.457 e. The highest BCUT2D eigenvalue weighted by Crippen LogP contribution is 2.45. The number of para-hydroxylation sites is 1. The lowest BCUT2D eigenvalue weighted by atomic mass is 9.92. The van der Waals surface area contributed by atoms with Crippen molar-refractivity contribution in [1.29, 1.82) is 0 Å². The Morgan fingerprint density at radius 3 is 1.89 bits per heavy atom. The van der Waals surface area contributed by atoms with Gasteiger partial charge in [-0.25, -0.2) is 0 Å². The van der Waals surface area contributed by atoms with E-state index in [-0.39, 0.29) is 6.79 Å². The summed E-state index contributed by atoms with van der Waals surface area (Å²) in [7, 11) is 0. The molecule has 0 bridgehead atoms. The van der Waals surface area contributed by atoms with E-state index in [4.69, 9.17) is 13.9 Å². The molecule has 46 heavy (non-hydrogen) atoms.